The highest BCUT2D eigenvalue weighted by Gasteiger charge is 2.20. The zero-order valence-electron chi connectivity index (χ0n) is 11.6. The third-order valence-electron chi connectivity index (χ3n) is 2.86. The lowest BCUT2D eigenvalue weighted by molar-refractivity contribution is 0.0920. The minimum absolute atomic E-state index is 0.0184. The van der Waals surface area contributed by atoms with Gasteiger partial charge in [0.1, 0.15) is 0 Å². The van der Waals surface area contributed by atoms with Crippen LogP contribution in [-0.4, -0.2) is 16.4 Å². The van der Waals surface area contributed by atoms with Gasteiger partial charge in [-0.1, -0.05) is 12.1 Å². The molecule has 0 fully saturated rings. The summed E-state index contributed by atoms with van der Waals surface area (Å²) in [5, 5.41) is 4.00. The first-order valence-electron chi connectivity index (χ1n) is 6.19. The van der Waals surface area contributed by atoms with Crippen molar-refractivity contribution >= 4 is 16.8 Å². The molecule has 0 radical (unpaired) electrons. The van der Waals surface area contributed by atoms with Crippen LogP contribution in [-0.2, 0) is 0 Å². The third kappa shape index (κ3) is 2.40. The summed E-state index contributed by atoms with van der Waals surface area (Å²) >= 11 is 0. The van der Waals surface area contributed by atoms with Crippen molar-refractivity contribution in [2.45, 2.75) is 40.2 Å². The molecule has 0 aliphatic heterocycles. The maximum Gasteiger partial charge on any atom is 0.254 e. The molecule has 0 aliphatic carbocycles. The number of amides is 1. The Kier molecular flexibility index (Phi) is 2.93. The number of aromatic amines is 1. The molecule has 0 atom stereocenters. The van der Waals surface area contributed by atoms with Crippen molar-refractivity contribution in [1.82, 2.24) is 10.3 Å². The van der Waals surface area contributed by atoms with Crippen LogP contribution in [0.2, 0.25) is 0 Å². The van der Waals surface area contributed by atoms with Gasteiger partial charge in [0.05, 0.1) is 5.56 Å². The lowest BCUT2D eigenvalue weighted by Gasteiger charge is -2.20. The van der Waals surface area contributed by atoms with Crippen LogP contribution in [0.4, 0.5) is 0 Å². The molecule has 3 heteroatoms. The molecule has 2 aromatic rings. The monoisotopic (exact) mass is 244 g/mol. The summed E-state index contributed by atoms with van der Waals surface area (Å²) < 4.78 is 0. The predicted octanol–water partition coefficient (Wildman–Crippen LogP) is 3.31. The quantitative estimate of drug-likeness (QED) is 0.794. The van der Waals surface area contributed by atoms with Gasteiger partial charge in [0, 0.05) is 22.1 Å². The number of benzene rings is 1. The van der Waals surface area contributed by atoms with E-state index < -0.39 is 0 Å². The van der Waals surface area contributed by atoms with Crippen LogP contribution in [0.1, 0.15) is 42.4 Å². The van der Waals surface area contributed by atoms with Crippen LogP contribution >= 0.6 is 0 Å². The van der Waals surface area contributed by atoms with E-state index >= 15 is 0 Å². The van der Waals surface area contributed by atoms with Crippen molar-refractivity contribution in [3.05, 3.63) is 35.0 Å². The molecule has 0 unspecified atom stereocenters. The summed E-state index contributed by atoms with van der Waals surface area (Å²) in [5.74, 6) is -0.0184. The van der Waals surface area contributed by atoms with Crippen molar-refractivity contribution in [3.8, 4) is 0 Å². The number of rotatable bonds is 1. The van der Waals surface area contributed by atoms with E-state index in [0.29, 0.717) is 0 Å². The summed E-state index contributed by atoms with van der Waals surface area (Å²) in [5.41, 5.74) is 3.65. The average molecular weight is 244 g/mol. The van der Waals surface area contributed by atoms with Gasteiger partial charge in [0.2, 0.25) is 0 Å². The van der Waals surface area contributed by atoms with E-state index in [1.54, 1.807) is 0 Å². The largest absolute Gasteiger partial charge is 0.358 e. The Hall–Kier alpha value is -1.77. The number of aromatic nitrogens is 1. The second-order valence-electron chi connectivity index (χ2n) is 5.88. The number of nitrogens with one attached hydrogen (secondary N) is 2. The molecule has 0 spiro atoms. The first-order valence-corrected chi connectivity index (χ1v) is 6.19. The smallest absolute Gasteiger partial charge is 0.254 e. The topological polar surface area (TPSA) is 44.9 Å². The van der Waals surface area contributed by atoms with E-state index in [4.69, 9.17) is 0 Å². The summed E-state index contributed by atoms with van der Waals surface area (Å²) in [7, 11) is 0. The van der Waals surface area contributed by atoms with Crippen LogP contribution in [0.3, 0.4) is 0 Å². The molecule has 0 saturated heterocycles. The molecule has 0 saturated carbocycles. The van der Waals surface area contributed by atoms with Crippen molar-refractivity contribution in [3.63, 3.8) is 0 Å². The molecule has 0 bridgehead atoms. The fraction of sp³-hybridized carbons (Fsp3) is 0.400. The number of H-pyrrole nitrogens is 1. The zero-order chi connectivity index (χ0) is 13.5. The van der Waals surface area contributed by atoms with E-state index in [1.807, 2.05) is 46.8 Å². The molecule has 3 nitrogen and oxygen atoms in total. The molecule has 1 heterocycles. The van der Waals surface area contributed by atoms with Crippen LogP contribution < -0.4 is 5.32 Å². The van der Waals surface area contributed by atoms with Gasteiger partial charge in [-0.15, -0.1) is 0 Å². The van der Waals surface area contributed by atoms with Crippen molar-refractivity contribution in [2.24, 2.45) is 0 Å². The highest BCUT2D eigenvalue weighted by atomic mass is 16.1. The Morgan fingerprint density at radius 2 is 1.89 bits per heavy atom. The van der Waals surface area contributed by atoms with Gasteiger partial charge in [-0.25, -0.2) is 0 Å². The first kappa shape index (κ1) is 12.7. The van der Waals surface area contributed by atoms with Gasteiger partial charge in [-0.2, -0.15) is 0 Å². The standard InChI is InChI=1S/C15H20N2O/c1-9-6-7-11-12(8-9)16-10(2)13(11)14(18)17-15(3,4)5/h6-8,16H,1-5H3,(H,17,18). The van der Waals surface area contributed by atoms with Crippen LogP contribution in [0.25, 0.3) is 10.9 Å². The van der Waals surface area contributed by atoms with Gasteiger partial charge in [-0.3, -0.25) is 4.79 Å². The molecule has 2 rings (SSSR count). The van der Waals surface area contributed by atoms with E-state index in [1.165, 1.54) is 5.56 Å². The van der Waals surface area contributed by atoms with E-state index in [0.717, 1.165) is 22.2 Å². The highest BCUT2D eigenvalue weighted by Crippen LogP contribution is 2.23. The number of hydrogen-bond donors (Lipinski definition) is 2. The number of aryl methyl sites for hydroxylation is 2. The molecular weight excluding hydrogens is 224 g/mol. The molecule has 0 aliphatic rings. The van der Waals surface area contributed by atoms with Crippen LogP contribution in [0, 0.1) is 13.8 Å². The summed E-state index contributed by atoms with van der Waals surface area (Å²) in [4.78, 5) is 15.6. The minimum Gasteiger partial charge on any atom is -0.358 e. The summed E-state index contributed by atoms with van der Waals surface area (Å²) in [6.07, 6.45) is 0. The fourth-order valence-corrected chi connectivity index (χ4v) is 2.14. The van der Waals surface area contributed by atoms with Gasteiger partial charge >= 0.3 is 0 Å². The van der Waals surface area contributed by atoms with Crippen molar-refractivity contribution < 1.29 is 4.79 Å². The SMILES string of the molecule is Cc1ccc2c(C(=O)NC(C)(C)C)c(C)[nH]c2c1. The predicted molar refractivity (Wildman–Crippen MR) is 75.0 cm³/mol. The van der Waals surface area contributed by atoms with Gasteiger partial charge in [0.25, 0.3) is 5.91 Å². The number of fused-ring (bicyclic) bond motifs is 1. The average Bonchev–Trinajstić information content (AvgIpc) is 2.50. The molecule has 1 amide bonds. The fourth-order valence-electron chi connectivity index (χ4n) is 2.14. The first-order chi connectivity index (χ1) is 8.28. The van der Waals surface area contributed by atoms with E-state index in [2.05, 4.69) is 16.4 Å². The Balaban J connectivity index is 2.51. The van der Waals surface area contributed by atoms with Gasteiger partial charge in [0.15, 0.2) is 0 Å². The Morgan fingerprint density at radius 3 is 2.50 bits per heavy atom. The Labute approximate surface area is 108 Å². The Morgan fingerprint density at radius 1 is 1.22 bits per heavy atom. The maximum atomic E-state index is 12.3. The molecular formula is C15H20N2O. The number of carbonyl (C=O) groups excluding carboxylic acids is 1. The summed E-state index contributed by atoms with van der Waals surface area (Å²) in [6.45, 7) is 9.94. The molecule has 96 valence electrons. The van der Waals surface area contributed by atoms with E-state index in [-0.39, 0.29) is 11.4 Å². The van der Waals surface area contributed by atoms with Crippen LogP contribution in [0.5, 0.6) is 0 Å². The molecule has 1 aromatic carbocycles. The molecule has 1 aromatic heterocycles. The summed E-state index contributed by atoms with van der Waals surface area (Å²) in [6, 6.07) is 6.10. The van der Waals surface area contributed by atoms with Crippen molar-refractivity contribution in [2.75, 3.05) is 0 Å². The maximum absolute atomic E-state index is 12.3. The highest BCUT2D eigenvalue weighted by molar-refractivity contribution is 6.08. The van der Waals surface area contributed by atoms with Gasteiger partial charge in [-0.05, 0) is 46.2 Å². The normalized spacial score (nSPS) is 11.8. The second-order valence-corrected chi connectivity index (χ2v) is 5.88. The lowest BCUT2D eigenvalue weighted by Crippen LogP contribution is -2.40. The van der Waals surface area contributed by atoms with Gasteiger partial charge < -0.3 is 10.3 Å². The molecule has 18 heavy (non-hydrogen) atoms. The molecule has 2 N–H and O–H groups in total. The third-order valence-corrected chi connectivity index (χ3v) is 2.86. The van der Waals surface area contributed by atoms with Crippen LogP contribution in [0.15, 0.2) is 18.2 Å². The number of hydrogen-bond acceptors (Lipinski definition) is 1. The Bertz CT molecular complexity index is 603. The zero-order valence-corrected chi connectivity index (χ0v) is 11.6. The number of carbonyl (C=O) groups is 1. The lowest BCUT2D eigenvalue weighted by atomic mass is 10.1. The van der Waals surface area contributed by atoms with E-state index in [9.17, 15) is 4.79 Å². The minimum atomic E-state index is -0.224. The second kappa shape index (κ2) is 4.16. The van der Waals surface area contributed by atoms with Crippen molar-refractivity contribution in [1.29, 1.82) is 0 Å².